The second-order valence-electron chi connectivity index (χ2n) is 7.94. The molecule has 1 aromatic heterocycles. The van der Waals surface area contributed by atoms with Gasteiger partial charge in [-0.25, -0.2) is 4.39 Å². The first-order valence-corrected chi connectivity index (χ1v) is 12.8. The molecule has 180 valence electrons. The van der Waals surface area contributed by atoms with E-state index in [1.807, 2.05) is 41.8 Å². The Kier molecular flexibility index (Phi) is 8.44. The van der Waals surface area contributed by atoms with Crippen LogP contribution in [0.4, 0.5) is 10.1 Å². The number of thioether (sulfide) groups is 1. The average Bonchev–Trinajstić information content (AvgIpc) is 3.26. The van der Waals surface area contributed by atoms with Gasteiger partial charge in [0, 0.05) is 17.7 Å². The van der Waals surface area contributed by atoms with Crippen molar-refractivity contribution in [2.45, 2.75) is 31.3 Å². The van der Waals surface area contributed by atoms with Gasteiger partial charge in [-0.2, -0.15) is 0 Å². The first-order chi connectivity index (χ1) is 16.9. The van der Waals surface area contributed by atoms with Crippen molar-refractivity contribution >= 4 is 46.6 Å². The molecular formula is C26H23Cl2FN4OS. The van der Waals surface area contributed by atoms with Crippen LogP contribution < -0.4 is 5.32 Å². The fourth-order valence-corrected chi connectivity index (χ4v) is 4.68. The van der Waals surface area contributed by atoms with Crippen molar-refractivity contribution in [2.75, 3.05) is 11.1 Å². The van der Waals surface area contributed by atoms with Crippen molar-refractivity contribution < 1.29 is 9.18 Å². The van der Waals surface area contributed by atoms with E-state index in [1.165, 1.54) is 6.07 Å². The molecule has 0 radical (unpaired) electrons. The van der Waals surface area contributed by atoms with E-state index in [9.17, 15) is 9.18 Å². The lowest BCUT2D eigenvalue weighted by Crippen LogP contribution is -2.12. The molecule has 4 rings (SSSR count). The zero-order valence-corrected chi connectivity index (χ0v) is 21.3. The molecule has 35 heavy (non-hydrogen) atoms. The Hall–Kier alpha value is -2.87. The second-order valence-corrected chi connectivity index (χ2v) is 9.82. The van der Waals surface area contributed by atoms with E-state index < -0.39 is 5.82 Å². The molecule has 1 heterocycles. The summed E-state index contributed by atoms with van der Waals surface area (Å²) in [5.74, 6) is 0.790. The molecule has 5 nitrogen and oxygen atoms in total. The molecule has 0 spiro atoms. The first kappa shape index (κ1) is 25.2. The fourth-order valence-electron chi connectivity index (χ4n) is 3.44. The number of nitrogens with one attached hydrogen (secondary N) is 1. The minimum absolute atomic E-state index is 0.199. The number of carbonyl (C=O) groups excluding carboxylic acids is 1. The Bertz CT molecular complexity index is 1330. The van der Waals surface area contributed by atoms with Gasteiger partial charge in [-0.15, -0.1) is 10.2 Å². The molecule has 0 saturated carbocycles. The minimum atomic E-state index is -0.442. The minimum Gasteiger partial charge on any atom is -0.324 e. The number of carbonyl (C=O) groups is 1. The van der Waals surface area contributed by atoms with Crippen LogP contribution in [-0.2, 0) is 4.79 Å². The largest absolute Gasteiger partial charge is 0.324 e. The molecule has 0 atom stereocenters. The average molecular weight is 529 g/mol. The topological polar surface area (TPSA) is 59.8 Å². The summed E-state index contributed by atoms with van der Waals surface area (Å²) in [6, 6.07) is 19.6. The highest BCUT2D eigenvalue weighted by atomic mass is 35.5. The van der Waals surface area contributed by atoms with Crippen LogP contribution in [0.2, 0.25) is 10.0 Å². The monoisotopic (exact) mass is 528 g/mol. The number of rotatable bonds is 9. The number of benzene rings is 3. The molecule has 0 aliphatic carbocycles. The van der Waals surface area contributed by atoms with Crippen molar-refractivity contribution in [2.24, 2.45) is 0 Å². The van der Waals surface area contributed by atoms with Crippen LogP contribution >= 0.6 is 35.0 Å². The molecule has 1 N–H and O–H groups in total. The molecule has 1 amide bonds. The van der Waals surface area contributed by atoms with Crippen LogP contribution in [-0.4, -0.2) is 26.4 Å². The van der Waals surface area contributed by atoms with Crippen molar-refractivity contribution in [3.05, 3.63) is 88.2 Å². The van der Waals surface area contributed by atoms with Crippen molar-refractivity contribution in [1.29, 1.82) is 0 Å². The van der Waals surface area contributed by atoms with Gasteiger partial charge in [0.05, 0.1) is 21.4 Å². The molecule has 0 fully saturated rings. The third-order valence-corrected chi connectivity index (χ3v) is 7.04. The normalized spacial score (nSPS) is 11.0. The van der Waals surface area contributed by atoms with Crippen molar-refractivity contribution in [3.63, 3.8) is 0 Å². The number of hydrogen-bond acceptors (Lipinski definition) is 4. The summed E-state index contributed by atoms with van der Waals surface area (Å²) in [5.41, 5.74) is 3.10. The van der Waals surface area contributed by atoms with E-state index >= 15 is 0 Å². The summed E-state index contributed by atoms with van der Waals surface area (Å²) >= 11 is 14.0. The lowest BCUT2D eigenvalue weighted by atomic mass is 10.1. The summed E-state index contributed by atoms with van der Waals surface area (Å²) in [4.78, 5) is 12.1. The molecule has 0 unspecified atom stereocenters. The van der Waals surface area contributed by atoms with Crippen LogP contribution in [0.3, 0.4) is 0 Å². The number of aryl methyl sites for hydroxylation is 1. The van der Waals surface area contributed by atoms with Gasteiger partial charge < -0.3 is 5.32 Å². The summed E-state index contributed by atoms with van der Waals surface area (Å²) in [6.07, 6.45) is 1.76. The summed E-state index contributed by atoms with van der Waals surface area (Å²) in [5, 5.41) is 13.1. The molecule has 0 saturated heterocycles. The van der Waals surface area contributed by atoms with E-state index in [2.05, 4.69) is 15.5 Å². The zero-order chi connectivity index (χ0) is 24.8. The van der Waals surface area contributed by atoms with E-state index in [4.69, 9.17) is 23.2 Å². The maximum Gasteiger partial charge on any atom is 0.224 e. The third kappa shape index (κ3) is 6.42. The lowest BCUT2D eigenvalue weighted by molar-refractivity contribution is -0.116. The summed E-state index contributed by atoms with van der Waals surface area (Å²) in [7, 11) is 0. The molecule has 0 aliphatic heterocycles. The van der Waals surface area contributed by atoms with Gasteiger partial charge in [0.1, 0.15) is 5.82 Å². The highest BCUT2D eigenvalue weighted by Crippen LogP contribution is 2.32. The molecule has 9 heteroatoms. The smallest absolute Gasteiger partial charge is 0.224 e. The number of nitrogens with zero attached hydrogens (tertiary/aromatic N) is 3. The summed E-state index contributed by atoms with van der Waals surface area (Å²) < 4.78 is 15.7. The zero-order valence-electron chi connectivity index (χ0n) is 19.0. The van der Waals surface area contributed by atoms with E-state index in [-0.39, 0.29) is 11.6 Å². The van der Waals surface area contributed by atoms with Crippen LogP contribution in [0.15, 0.2) is 71.9 Å². The lowest BCUT2D eigenvalue weighted by Gasteiger charge is -2.11. The highest BCUT2D eigenvalue weighted by Gasteiger charge is 2.17. The van der Waals surface area contributed by atoms with Crippen LogP contribution in [0.25, 0.3) is 17.1 Å². The Balaban J connectivity index is 1.42. The summed E-state index contributed by atoms with van der Waals surface area (Å²) in [6.45, 7) is 2.03. The number of amides is 1. The van der Waals surface area contributed by atoms with Gasteiger partial charge in [0.2, 0.25) is 5.91 Å². The van der Waals surface area contributed by atoms with Gasteiger partial charge in [0.25, 0.3) is 0 Å². The van der Waals surface area contributed by atoms with Crippen molar-refractivity contribution in [3.8, 4) is 17.1 Å². The maximum atomic E-state index is 13.7. The molecule has 3 aromatic carbocycles. The van der Waals surface area contributed by atoms with Crippen LogP contribution in [0, 0.1) is 12.7 Å². The van der Waals surface area contributed by atoms with Gasteiger partial charge in [-0.05, 0) is 50.1 Å². The second kappa shape index (κ2) is 11.7. The number of aromatic nitrogens is 3. The van der Waals surface area contributed by atoms with Crippen LogP contribution in [0.5, 0.6) is 0 Å². The highest BCUT2D eigenvalue weighted by molar-refractivity contribution is 7.99. The van der Waals surface area contributed by atoms with Gasteiger partial charge >= 0.3 is 0 Å². The Morgan fingerprint density at radius 1 is 1.00 bits per heavy atom. The quantitative estimate of drug-likeness (QED) is 0.179. The molecule has 0 bridgehead atoms. The predicted molar refractivity (Wildman–Crippen MR) is 141 cm³/mol. The third-order valence-electron chi connectivity index (χ3n) is 5.28. The van der Waals surface area contributed by atoms with E-state index in [1.54, 1.807) is 42.1 Å². The first-order valence-electron chi connectivity index (χ1n) is 11.1. The fraction of sp³-hybridized carbons (Fsp3) is 0.192. The number of halogens is 3. The molecule has 0 aliphatic rings. The SMILES string of the molecule is Cc1ccc(-c2nnc(SCCCCC(=O)Nc3ccccc3F)n2-c2ccc(Cl)c(Cl)c2)cc1. The van der Waals surface area contributed by atoms with Gasteiger partial charge in [0.15, 0.2) is 11.0 Å². The Morgan fingerprint density at radius 2 is 1.77 bits per heavy atom. The van der Waals surface area contributed by atoms with E-state index in [0.717, 1.165) is 34.1 Å². The van der Waals surface area contributed by atoms with Gasteiger partial charge in [-0.3, -0.25) is 9.36 Å². The Morgan fingerprint density at radius 3 is 2.51 bits per heavy atom. The Labute approximate surface area is 217 Å². The number of anilines is 1. The number of unbranched alkanes of at least 4 members (excludes halogenated alkanes) is 1. The van der Waals surface area contributed by atoms with Gasteiger partial charge in [-0.1, -0.05) is 76.9 Å². The van der Waals surface area contributed by atoms with Crippen molar-refractivity contribution in [1.82, 2.24) is 14.8 Å². The number of hydrogen-bond donors (Lipinski definition) is 1. The molecule has 4 aromatic rings. The predicted octanol–water partition coefficient (Wildman–Crippen LogP) is 7.59. The standard InChI is InChI=1S/C26H23Cl2FN4OS/c1-17-9-11-18(12-10-17)25-31-32-26(33(25)19-13-14-20(27)21(28)16-19)35-15-5-4-8-24(34)30-23-7-3-2-6-22(23)29/h2-3,6-7,9-14,16H,4-5,8,15H2,1H3,(H,30,34). The number of para-hydroxylation sites is 1. The van der Waals surface area contributed by atoms with Crippen LogP contribution in [0.1, 0.15) is 24.8 Å². The van der Waals surface area contributed by atoms with E-state index in [0.29, 0.717) is 28.7 Å². The molecular weight excluding hydrogens is 506 g/mol. The maximum absolute atomic E-state index is 13.7.